The lowest BCUT2D eigenvalue weighted by Crippen LogP contribution is -2.36. The summed E-state index contributed by atoms with van der Waals surface area (Å²) < 4.78 is 26.3. The second kappa shape index (κ2) is 7.26. The van der Waals surface area contributed by atoms with Crippen LogP contribution in [0.2, 0.25) is 0 Å². The first-order chi connectivity index (χ1) is 11.7. The zero-order valence-electron chi connectivity index (χ0n) is 13.5. The van der Waals surface area contributed by atoms with Gasteiger partial charge in [0.05, 0.1) is 12.1 Å². The Morgan fingerprint density at radius 3 is 2.32 bits per heavy atom. The molecule has 9 nitrogen and oxygen atoms in total. The number of nitrogens with one attached hydrogen (secondary N) is 2. The highest BCUT2D eigenvalue weighted by Crippen LogP contribution is 2.15. The summed E-state index contributed by atoms with van der Waals surface area (Å²) in [5.74, 6) is -2.09. The number of rotatable bonds is 6. The number of aromatic carboxylic acids is 1. The first-order valence-electron chi connectivity index (χ1n) is 7.13. The number of carboxylic acids is 1. The minimum absolute atomic E-state index is 0.191. The Morgan fingerprint density at radius 2 is 1.72 bits per heavy atom. The standard InChI is InChI=1S/C15H16N4O5S/c1-9-7-10(2)18-15(17-9)16-8-13(20)19-25(23,24)12-6-4-3-5-11(12)14(21)22/h3-7H,8H2,1-2H3,(H,19,20)(H,21,22)(H,16,17,18). The normalized spacial score (nSPS) is 11.0. The van der Waals surface area contributed by atoms with Crippen molar-refractivity contribution in [3.63, 3.8) is 0 Å². The summed E-state index contributed by atoms with van der Waals surface area (Å²) in [6, 6.07) is 6.76. The molecule has 132 valence electrons. The van der Waals surface area contributed by atoms with Crippen molar-refractivity contribution in [2.45, 2.75) is 18.7 Å². The van der Waals surface area contributed by atoms with Crippen molar-refractivity contribution in [1.29, 1.82) is 0 Å². The predicted octanol–water partition coefficient (Wildman–Crippen LogP) is 0.709. The van der Waals surface area contributed by atoms with Crippen molar-refractivity contribution in [3.05, 3.63) is 47.3 Å². The highest BCUT2D eigenvalue weighted by atomic mass is 32.2. The summed E-state index contributed by atoms with van der Waals surface area (Å²) in [6.07, 6.45) is 0. The van der Waals surface area contributed by atoms with E-state index in [0.717, 1.165) is 12.1 Å². The predicted molar refractivity (Wildman–Crippen MR) is 88.7 cm³/mol. The van der Waals surface area contributed by atoms with Gasteiger partial charge in [-0.25, -0.2) is 27.9 Å². The lowest BCUT2D eigenvalue weighted by molar-refractivity contribution is -0.117. The molecule has 0 fully saturated rings. The number of hydrogen-bond acceptors (Lipinski definition) is 7. The van der Waals surface area contributed by atoms with E-state index >= 15 is 0 Å². The summed E-state index contributed by atoms with van der Waals surface area (Å²) >= 11 is 0. The van der Waals surface area contributed by atoms with E-state index < -0.39 is 38.9 Å². The van der Waals surface area contributed by atoms with Crippen molar-refractivity contribution in [2.75, 3.05) is 11.9 Å². The molecule has 1 aromatic carbocycles. The smallest absolute Gasteiger partial charge is 0.337 e. The average Bonchev–Trinajstić information content (AvgIpc) is 2.51. The van der Waals surface area contributed by atoms with Gasteiger partial charge in [-0.15, -0.1) is 0 Å². The van der Waals surface area contributed by atoms with Crippen LogP contribution >= 0.6 is 0 Å². The minimum atomic E-state index is -4.32. The molecule has 0 bridgehead atoms. The van der Waals surface area contributed by atoms with Crippen molar-refractivity contribution in [2.24, 2.45) is 0 Å². The highest BCUT2D eigenvalue weighted by Gasteiger charge is 2.23. The summed E-state index contributed by atoms with van der Waals surface area (Å²) in [5, 5.41) is 11.7. The molecular formula is C15H16N4O5S. The van der Waals surface area contributed by atoms with Gasteiger partial charge < -0.3 is 10.4 Å². The maximum Gasteiger partial charge on any atom is 0.337 e. The second-order valence-electron chi connectivity index (χ2n) is 5.16. The van der Waals surface area contributed by atoms with Crippen molar-refractivity contribution in [3.8, 4) is 0 Å². The maximum atomic E-state index is 12.2. The zero-order chi connectivity index (χ0) is 18.6. The Hall–Kier alpha value is -3.01. The largest absolute Gasteiger partial charge is 0.478 e. The molecule has 0 saturated heterocycles. The molecule has 1 aromatic heterocycles. The Labute approximate surface area is 144 Å². The monoisotopic (exact) mass is 364 g/mol. The summed E-state index contributed by atoms with van der Waals surface area (Å²) in [5.41, 5.74) is 0.963. The quantitative estimate of drug-likeness (QED) is 0.681. The maximum absolute atomic E-state index is 12.2. The Kier molecular flexibility index (Phi) is 5.32. The molecule has 0 radical (unpaired) electrons. The number of carboxylic acid groups (broad SMARTS) is 1. The molecule has 2 rings (SSSR count). The van der Waals surface area contributed by atoms with Crippen LogP contribution in [0.3, 0.4) is 0 Å². The van der Waals surface area contributed by atoms with Gasteiger partial charge in [-0.3, -0.25) is 4.79 Å². The van der Waals surface area contributed by atoms with Gasteiger partial charge in [0.25, 0.3) is 15.9 Å². The number of carbonyl (C=O) groups is 2. The molecule has 0 saturated carbocycles. The fraction of sp³-hybridized carbons (Fsp3) is 0.200. The van der Waals surface area contributed by atoms with Crippen LogP contribution in [-0.4, -0.2) is 41.9 Å². The van der Waals surface area contributed by atoms with E-state index in [0.29, 0.717) is 11.4 Å². The Balaban J connectivity index is 2.10. The SMILES string of the molecule is Cc1cc(C)nc(NCC(=O)NS(=O)(=O)c2ccccc2C(=O)O)n1. The van der Waals surface area contributed by atoms with Crippen LogP contribution in [0.4, 0.5) is 5.95 Å². The lowest BCUT2D eigenvalue weighted by atomic mass is 10.2. The molecule has 0 unspecified atom stereocenters. The molecule has 2 aromatic rings. The summed E-state index contributed by atoms with van der Waals surface area (Å²) in [7, 11) is -4.32. The van der Waals surface area contributed by atoms with Gasteiger partial charge >= 0.3 is 5.97 Å². The van der Waals surface area contributed by atoms with E-state index in [1.807, 2.05) is 4.72 Å². The molecular weight excluding hydrogens is 348 g/mol. The number of aromatic nitrogens is 2. The third kappa shape index (κ3) is 4.73. The van der Waals surface area contributed by atoms with Crippen LogP contribution < -0.4 is 10.0 Å². The van der Waals surface area contributed by atoms with Crippen LogP contribution in [0, 0.1) is 13.8 Å². The molecule has 10 heteroatoms. The molecule has 1 heterocycles. The molecule has 1 amide bonds. The average molecular weight is 364 g/mol. The van der Waals surface area contributed by atoms with E-state index in [1.54, 1.807) is 19.9 Å². The van der Waals surface area contributed by atoms with Gasteiger partial charge in [0, 0.05) is 11.4 Å². The molecule has 25 heavy (non-hydrogen) atoms. The minimum Gasteiger partial charge on any atom is -0.478 e. The second-order valence-corrected chi connectivity index (χ2v) is 6.81. The van der Waals surface area contributed by atoms with Gasteiger partial charge in [0.15, 0.2) is 0 Å². The number of amides is 1. The molecule has 0 atom stereocenters. The number of anilines is 1. The molecule has 3 N–H and O–H groups in total. The topological polar surface area (TPSA) is 138 Å². The van der Waals surface area contributed by atoms with E-state index in [9.17, 15) is 18.0 Å². The van der Waals surface area contributed by atoms with Crippen molar-refractivity contribution >= 4 is 27.8 Å². The third-order valence-electron chi connectivity index (χ3n) is 3.04. The first kappa shape index (κ1) is 18.3. The van der Waals surface area contributed by atoms with E-state index in [1.165, 1.54) is 12.1 Å². The van der Waals surface area contributed by atoms with E-state index in [4.69, 9.17) is 5.11 Å². The van der Waals surface area contributed by atoms with Crippen molar-refractivity contribution < 1.29 is 23.1 Å². The zero-order valence-corrected chi connectivity index (χ0v) is 14.3. The molecule has 0 aliphatic carbocycles. The fourth-order valence-electron chi connectivity index (χ4n) is 2.08. The summed E-state index contributed by atoms with van der Waals surface area (Å²) in [4.78, 5) is 30.7. The number of aryl methyl sites for hydroxylation is 2. The number of benzene rings is 1. The first-order valence-corrected chi connectivity index (χ1v) is 8.61. The fourth-order valence-corrected chi connectivity index (χ4v) is 3.27. The number of hydrogen-bond donors (Lipinski definition) is 3. The molecule has 0 spiro atoms. The van der Waals surface area contributed by atoms with Gasteiger partial charge in [0.2, 0.25) is 5.95 Å². The summed E-state index contributed by atoms with van der Waals surface area (Å²) in [6.45, 7) is 3.12. The number of carbonyl (C=O) groups excluding carboxylic acids is 1. The van der Waals surface area contributed by atoms with Crippen LogP contribution in [0.15, 0.2) is 35.2 Å². The van der Waals surface area contributed by atoms with Crippen LogP contribution in [-0.2, 0) is 14.8 Å². The van der Waals surface area contributed by atoms with Crippen LogP contribution in [0.25, 0.3) is 0 Å². The van der Waals surface area contributed by atoms with Crippen molar-refractivity contribution in [1.82, 2.24) is 14.7 Å². The van der Waals surface area contributed by atoms with Crippen LogP contribution in [0.1, 0.15) is 21.7 Å². The Bertz CT molecular complexity index is 907. The van der Waals surface area contributed by atoms with Gasteiger partial charge in [0.1, 0.15) is 4.90 Å². The molecule has 0 aliphatic rings. The number of nitrogens with zero attached hydrogens (tertiary/aromatic N) is 2. The van der Waals surface area contributed by atoms with Gasteiger partial charge in [-0.05, 0) is 32.0 Å². The lowest BCUT2D eigenvalue weighted by Gasteiger charge is -2.10. The third-order valence-corrected chi connectivity index (χ3v) is 4.48. The van der Waals surface area contributed by atoms with Crippen LogP contribution in [0.5, 0.6) is 0 Å². The number of sulfonamides is 1. The molecule has 0 aliphatic heterocycles. The highest BCUT2D eigenvalue weighted by molar-refractivity contribution is 7.90. The van der Waals surface area contributed by atoms with E-state index in [-0.39, 0.29) is 5.95 Å². The Morgan fingerprint density at radius 1 is 1.12 bits per heavy atom. The van der Waals surface area contributed by atoms with Gasteiger partial charge in [-0.1, -0.05) is 12.1 Å². The van der Waals surface area contributed by atoms with E-state index in [2.05, 4.69) is 15.3 Å². The van der Waals surface area contributed by atoms with Gasteiger partial charge in [-0.2, -0.15) is 0 Å².